The third-order valence-corrected chi connectivity index (χ3v) is 6.36. The van der Waals surface area contributed by atoms with Gasteiger partial charge in [-0.3, -0.25) is 9.59 Å². The van der Waals surface area contributed by atoms with Crippen molar-refractivity contribution in [1.29, 1.82) is 0 Å². The molecule has 1 spiro atoms. The van der Waals surface area contributed by atoms with E-state index in [0.717, 1.165) is 17.1 Å². The summed E-state index contributed by atoms with van der Waals surface area (Å²) in [5.74, 6) is 0.498. The van der Waals surface area contributed by atoms with Crippen LogP contribution in [0.15, 0.2) is 60.8 Å². The lowest BCUT2D eigenvalue weighted by Crippen LogP contribution is -2.50. The first-order chi connectivity index (χ1) is 15.9. The topological polar surface area (TPSA) is 86.8 Å². The van der Waals surface area contributed by atoms with E-state index in [1.165, 1.54) is 6.07 Å². The highest BCUT2D eigenvalue weighted by Gasteiger charge is 2.44. The quantitative estimate of drug-likeness (QED) is 0.651. The molecule has 7 heteroatoms. The van der Waals surface area contributed by atoms with E-state index >= 15 is 0 Å². The van der Waals surface area contributed by atoms with Crippen molar-refractivity contribution in [1.82, 2.24) is 9.47 Å². The Hall–Kier alpha value is -3.74. The van der Waals surface area contributed by atoms with Crippen molar-refractivity contribution in [3.8, 4) is 17.2 Å². The van der Waals surface area contributed by atoms with Gasteiger partial charge in [-0.15, -0.1) is 0 Å². The van der Waals surface area contributed by atoms with Gasteiger partial charge in [0, 0.05) is 39.1 Å². The molecule has 3 heterocycles. The molecular weight excluding hydrogens is 418 g/mol. The van der Waals surface area contributed by atoms with Gasteiger partial charge < -0.3 is 24.7 Å². The number of hydrogen-bond donors (Lipinski definition) is 1. The molecule has 2 N–H and O–H groups in total. The van der Waals surface area contributed by atoms with Gasteiger partial charge in [0.25, 0.3) is 11.8 Å². The zero-order valence-corrected chi connectivity index (χ0v) is 18.8. The van der Waals surface area contributed by atoms with Crippen molar-refractivity contribution in [3.05, 3.63) is 77.6 Å². The maximum atomic E-state index is 13.3. The normalized spacial score (nSPS) is 16.2. The van der Waals surface area contributed by atoms with Crippen LogP contribution in [0.3, 0.4) is 0 Å². The Balaban J connectivity index is 0.00000274. The number of primary amides is 1. The van der Waals surface area contributed by atoms with E-state index in [1.54, 1.807) is 12.1 Å². The molecule has 172 valence electrons. The van der Waals surface area contributed by atoms with Crippen LogP contribution in [-0.4, -0.2) is 40.5 Å². The van der Waals surface area contributed by atoms with Crippen molar-refractivity contribution in [2.24, 2.45) is 5.73 Å². The van der Waals surface area contributed by atoms with Gasteiger partial charge in [-0.1, -0.05) is 12.1 Å². The second kappa shape index (κ2) is 7.99. The Bertz CT molecular complexity index is 1230. The molecule has 5 rings (SSSR count). The smallest absolute Gasteiger partial charge is 0.253 e. The molecule has 1 saturated heterocycles. The number of para-hydroxylation sites is 2. The monoisotopic (exact) mass is 447 g/mol. The summed E-state index contributed by atoms with van der Waals surface area (Å²) in [6.45, 7) is 4.83. The summed E-state index contributed by atoms with van der Waals surface area (Å²) in [5.41, 5.74) is 7.86. The molecule has 7 nitrogen and oxygen atoms in total. The number of amides is 2. The van der Waals surface area contributed by atoms with Gasteiger partial charge >= 0.3 is 0 Å². The number of likely N-dealkylation sites (tertiary alicyclic amines) is 1. The number of carbonyl (C=O) groups excluding carboxylic acids is 2. The first-order valence-electron chi connectivity index (χ1n) is 11.2. The van der Waals surface area contributed by atoms with Crippen LogP contribution in [0.1, 0.15) is 54.5 Å². The molecule has 3 aromatic rings. The molecule has 2 aromatic carbocycles. The minimum absolute atomic E-state index is 0. The number of aromatic nitrogens is 1. The summed E-state index contributed by atoms with van der Waals surface area (Å²) in [7, 11) is 0. The summed E-state index contributed by atoms with van der Waals surface area (Å²) in [6, 6.07) is 17.0. The van der Waals surface area contributed by atoms with E-state index in [1.807, 2.05) is 49.1 Å². The average Bonchev–Trinajstić information content (AvgIpc) is 3.30. The van der Waals surface area contributed by atoms with Gasteiger partial charge in [0.1, 0.15) is 11.5 Å². The zero-order chi connectivity index (χ0) is 23.2. The highest BCUT2D eigenvalue weighted by atomic mass is 16.5. The van der Waals surface area contributed by atoms with Crippen LogP contribution in [0, 0.1) is 0 Å². The number of fused-ring (bicyclic) bond motifs is 4. The molecule has 0 bridgehead atoms. The summed E-state index contributed by atoms with van der Waals surface area (Å²) in [4.78, 5) is 27.0. The lowest BCUT2D eigenvalue weighted by atomic mass is 9.86. The van der Waals surface area contributed by atoms with Crippen LogP contribution in [0.2, 0.25) is 0 Å². The predicted molar refractivity (Wildman–Crippen MR) is 126 cm³/mol. The summed E-state index contributed by atoms with van der Waals surface area (Å²) in [6.07, 6.45) is 3.30. The van der Waals surface area contributed by atoms with E-state index in [4.69, 9.17) is 15.2 Å². The fourth-order valence-electron chi connectivity index (χ4n) is 4.79. The molecule has 2 aliphatic heterocycles. The van der Waals surface area contributed by atoms with Crippen LogP contribution in [-0.2, 0) is 5.60 Å². The molecular formula is C26H29N3O4. The van der Waals surface area contributed by atoms with Crippen LogP contribution in [0.4, 0.5) is 0 Å². The molecule has 0 atom stereocenters. The Kier molecular flexibility index (Phi) is 5.12. The predicted octanol–water partition coefficient (Wildman–Crippen LogP) is 4.13. The van der Waals surface area contributed by atoms with E-state index in [-0.39, 0.29) is 19.0 Å². The molecule has 0 aliphatic carbocycles. The van der Waals surface area contributed by atoms with Gasteiger partial charge in [-0.25, -0.2) is 0 Å². The number of ether oxygens (including phenoxy) is 2. The van der Waals surface area contributed by atoms with Gasteiger partial charge in [-0.2, -0.15) is 0 Å². The van der Waals surface area contributed by atoms with Crippen molar-refractivity contribution in [3.63, 3.8) is 0 Å². The van der Waals surface area contributed by atoms with Crippen molar-refractivity contribution in [2.75, 3.05) is 13.1 Å². The number of carbonyl (C=O) groups is 2. The summed E-state index contributed by atoms with van der Waals surface area (Å²) in [5, 5.41) is 0. The zero-order valence-electron chi connectivity index (χ0n) is 18.8. The fraction of sp³-hybridized carbons (Fsp3) is 0.308. The number of benzene rings is 2. The molecule has 33 heavy (non-hydrogen) atoms. The van der Waals surface area contributed by atoms with Crippen LogP contribution >= 0.6 is 0 Å². The molecule has 2 amide bonds. The molecule has 0 saturated carbocycles. The van der Waals surface area contributed by atoms with E-state index in [0.29, 0.717) is 37.2 Å². The second-order valence-corrected chi connectivity index (χ2v) is 8.86. The first-order valence-corrected chi connectivity index (χ1v) is 11.2. The highest BCUT2D eigenvalue weighted by Crippen LogP contribution is 2.45. The lowest BCUT2D eigenvalue weighted by Gasteiger charge is -2.45. The number of nitrogens with two attached hydrogens (primary N) is 1. The first kappa shape index (κ1) is 21.1. The van der Waals surface area contributed by atoms with Gasteiger partial charge in [0.2, 0.25) is 0 Å². The SMILES string of the molecule is CC(C)Oc1ccc(C(=O)N2CCC3(CC2)Oc2ccccc2-n2cccc23)cc1C(N)=O.[HH]. The minimum Gasteiger partial charge on any atom is -0.490 e. The van der Waals surface area contributed by atoms with Gasteiger partial charge in [-0.05, 0) is 56.3 Å². The van der Waals surface area contributed by atoms with E-state index in [9.17, 15) is 9.59 Å². The Morgan fingerprint density at radius 3 is 2.58 bits per heavy atom. The van der Waals surface area contributed by atoms with Crippen LogP contribution in [0.25, 0.3) is 5.69 Å². The Morgan fingerprint density at radius 1 is 1.09 bits per heavy atom. The van der Waals surface area contributed by atoms with Gasteiger partial charge in [0.05, 0.1) is 23.0 Å². The molecule has 0 radical (unpaired) electrons. The van der Waals surface area contributed by atoms with E-state index < -0.39 is 11.5 Å². The number of piperidine rings is 1. The second-order valence-electron chi connectivity index (χ2n) is 8.86. The molecule has 1 fully saturated rings. The summed E-state index contributed by atoms with van der Waals surface area (Å²) >= 11 is 0. The van der Waals surface area contributed by atoms with Crippen molar-refractivity contribution < 1.29 is 20.5 Å². The van der Waals surface area contributed by atoms with Crippen LogP contribution in [0.5, 0.6) is 11.5 Å². The van der Waals surface area contributed by atoms with Crippen LogP contribution < -0.4 is 15.2 Å². The van der Waals surface area contributed by atoms with Gasteiger partial charge in [0.15, 0.2) is 5.60 Å². The van der Waals surface area contributed by atoms with Crippen molar-refractivity contribution >= 4 is 11.8 Å². The standard InChI is InChI=1S/C26H27N3O4.H2/c1-17(2)32-21-10-9-18(16-19(21)24(27)30)25(31)28-14-11-26(12-15-28)23-8-5-13-29(23)20-6-3-4-7-22(20)33-26;/h3-10,13,16-17H,11-12,14-15H2,1-2H3,(H2,27,30);1H. The lowest BCUT2D eigenvalue weighted by molar-refractivity contribution is -0.00930. The third-order valence-electron chi connectivity index (χ3n) is 6.36. The number of rotatable bonds is 4. The van der Waals surface area contributed by atoms with E-state index in [2.05, 4.69) is 16.8 Å². The third kappa shape index (κ3) is 3.63. The molecule has 2 aliphatic rings. The number of hydrogen-bond acceptors (Lipinski definition) is 4. The minimum atomic E-state index is -0.618. The molecule has 0 unspecified atom stereocenters. The van der Waals surface area contributed by atoms with Crippen molar-refractivity contribution in [2.45, 2.75) is 38.4 Å². The highest BCUT2D eigenvalue weighted by molar-refractivity contribution is 6.01. The Morgan fingerprint density at radius 2 is 1.85 bits per heavy atom. The molecule has 1 aromatic heterocycles. The average molecular weight is 448 g/mol. The summed E-state index contributed by atoms with van der Waals surface area (Å²) < 4.78 is 14.4. The Labute approximate surface area is 194 Å². The number of nitrogens with zero attached hydrogens (tertiary/aromatic N) is 2. The largest absolute Gasteiger partial charge is 0.490 e. The maximum Gasteiger partial charge on any atom is 0.253 e. The fourth-order valence-corrected chi connectivity index (χ4v) is 4.79. The maximum absolute atomic E-state index is 13.3.